The van der Waals surface area contributed by atoms with Gasteiger partial charge in [0.1, 0.15) is 23.0 Å². The van der Waals surface area contributed by atoms with Gasteiger partial charge in [-0.25, -0.2) is 0 Å². The van der Waals surface area contributed by atoms with Crippen LogP contribution in [0.4, 0.5) is 0 Å². The Morgan fingerprint density at radius 2 is 0.438 bits per heavy atom. The fourth-order valence-electron chi connectivity index (χ4n) is 5.54. The van der Waals surface area contributed by atoms with E-state index < -0.39 is 100 Å². The molecule has 0 aromatic heterocycles. The van der Waals surface area contributed by atoms with Gasteiger partial charge in [-0.05, 0) is 93.0 Å². The van der Waals surface area contributed by atoms with Crippen LogP contribution in [0.5, 0.6) is 23.0 Å². The van der Waals surface area contributed by atoms with Crippen molar-refractivity contribution in [3.63, 3.8) is 0 Å². The predicted molar refractivity (Wildman–Crippen MR) is 170 cm³/mol. The predicted octanol–water partition coefficient (Wildman–Crippen LogP) is 0.398. The molecule has 0 aliphatic heterocycles. The van der Waals surface area contributed by atoms with Crippen LogP contribution in [0.15, 0.2) is 48.5 Å². The third kappa shape index (κ3) is 7.31. The lowest BCUT2D eigenvalue weighted by molar-refractivity contribution is 0.385. The number of rotatable bonds is 4. The highest BCUT2D eigenvalue weighted by molar-refractivity contribution is 7.61. The molecule has 0 saturated heterocycles. The van der Waals surface area contributed by atoms with Crippen LogP contribution < -0.4 is 21.2 Å². The van der Waals surface area contributed by atoms with E-state index in [1.807, 2.05) is 0 Å². The van der Waals surface area contributed by atoms with Gasteiger partial charge in [0.25, 0.3) is 0 Å². The lowest BCUT2D eigenvalue weighted by atomic mass is 9.91. The molecule has 4 aromatic carbocycles. The van der Waals surface area contributed by atoms with Crippen molar-refractivity contribution in [2.75, 3.05) is 0 Å². The van der Waals surface area contributed by atoms with Gasteiger partial charge >= 0.3 is 30.4 Å². The zero-order valence-corrected chi connectivity index (χ0v) is 27.8. The quantitative estimate of drug-likeness (QED) is 0.111. The van der Waals surface area contributed by atoms with Gasteiger partial charge < -0.3 is 59.6 Å². The molecule has 0 unspecified atom stereocenters. The van der Waals surface area contributed by atoms with Crippen molar-refractivity contribution in [3.05, 3.63) is 93.0 Å². The van der Waals surface area contributed by atoms with Gasteiger partial charge in [0.2, 0.25) is 0 Å². The molecule has 256 valence electrons. The molecule has 1 aliphatic carbocycles. The van der Waals surface area contributed by atoms with Gasteiger partial charge in [-0.15, -0.1) is 0 Å². The number of benzene rings is 4. The molecule has 0 amide bonds. The van der Waals surface area contributed by atoms with Crippen LogP contribution in [0, 0.1) is 0 Å². The fraction of sp³-hybridized carbons (Fsp3) is 0.143. The highest BCUT2D eigenvalue weighted by Crippen LogP contribution is 2.44. The Labute approximate surface area is 270 Å². The minimum absolute atomic E-state index is 0.262. The summed E-state index contributed by atoms with van der Waals surface area (Å²) < 4.78 is 49.4. The van der Waals surface area contributed by atoms with Gasteiger partial charge in [-0.1, -0.05) is 0 Å². The van der Waals surface area contributed by atoms with Gasteiger partial charge in [0.05, 0.1) is 21.2 Å². The first-order valence-corrected chi connectivity index (χ1v) is 20.0. The number of phenolic OH excluding ortho intramolecular Hbond substituents is 4. The van der Waals surface area contributed by atoms with Gasteiger partial charge in [0.15, 0.2) is 0 Å². The number of hydrogen-bond acceptors (Lipinski definition) is 8. The van der Waals surface area contributed by atoms with E-state index in [1.165, 1.54) is 0 Å². The average molecular weight is 744 g/mol. The van der Waals surface area contributed by atoms with E-state index in [9.17, 15) is 77.8 Å². The molecule has 4 aromatic rings. The minimum atomic E-state index is -5.06. The molecule has 0 radical (unpaired) electrons. The maximum atomic E-state index is 12.4. The number of fused-ring (bicyclic) bond motifs is 8. The normalized spacial score (nSPS) is 14.2. The average Bonchev–Trinajstić information content (AvgIpc) is 2.93. The first-order valence-electron chi connectivity index (χ1n) is 13.6. The van der Waals surface area contributed by atoms with E-state index in [2.05, 4.69) is 0 Å². The first kappa shape index (κ1) is 36.0. The second kappa shape index (κ2) is 12.2. The zero-order chi connectivity index (χ0) is 35.7. The van der Waals surface area contributed by atoms with Gasteiger partial charge in [0, 0.05) is 25.7 Å². The van der Waals surface area contributed by atoms with Crippen LogP contribution in [0.2, 0.25) is 0 Å². The topological polar surface area (TPSA) is 311 Å². The van der Waals surface area contributed by atoms with Crippen molar-refractivity contribution >= 4 is 51.6 Å². The first-order chi connectivity index (χ1) is 21.9. The van der Waals surface area contributed by atoms with Crippen LogP contribution in [0.1, 0.15) is 44.5 Å². The van der Waals surface area contributed by atoms with E-state index in [0.29, 0.717) is 0 Å². The van der Waals surface area contributed by atoms with Crippen LogP contribution in [0.25, 0.3) is 0 Å². The number of phenols is 4. The summed E-state index contributed by atoms with van der Waals surface area (Å²) in [5.41, 5.74) is -2.10. The highest BCUT2D eigenvalue weighted by Gasteiger charge is 2.29. The van der Waals surface area contributed by atoms with Gasteiger partial charge in [-0.2, -0.15) is 0 Å². The van der Waals surface area contributed by atoms with Crippen LogP contribution in [-0.4, -0.2) is 59.6 Å². The van der Waals surface area contributed by atoms with Crippen molar-refractivity contribution in [3.8, 4) is 23.0 Å². The Balaban J connectivity index is 1.91. The van der Waals surface area contributed by atoms with Crippen molar-refractivity contribution in [1.29, 1.82) is 0 Å². The molecule has 0 fully saturated rings. The Hall–Kier alpha value is -3.32. The Morgan fingerprint density at radius 1 is 0.312 bits per heavy atom. The maximum absolute atomic E-state index is 12.4. The van der Waals surface area contributed by atoms with Crippen LogP contribution in [-0.2, 0) is 43.9 Å². The summed E-state index contributed by atoms with van der Waals surface area (Å²) in [5.74, 6) is -2.51. The molecule has 1 aliphatic rings. The van der Waals surface area contributed by atoms with Crippen molar-refractivity contribution < 1.29 is 77.8 Å². The van der Waals surface area contributed by atoms with Crippen molar-refractivity contribution in [2.24, 2.45) is 0 Å². The van der Waals surface area contributed by atoms with Gasteiger partial charge in [-0.3, -0.25) is 18.3 Å². The summed E-state index contributed by atoms with van der Waals surface area (Å²) in [6.07, 6.45) is -2.39. The molecule has 5 rings (SSSR count). The Bertz CT molecular complexity index is 1790. The maximum Gasteiger partial charge on any atom is 0.356 e. The van der Waals surface area contributed by atoms with Crippen molar-refractivity contribution in [2.45, 2.75) is 25.7 Å². The molecule has 8 bridgehead atoms. The van der Waals surface area contributed by atoms with E-state index in [0.717, 1.165) is 48.5 Å². The molecule has 12 N–H and O–H groups in total. The Kier molecular flexibility index (Phi) is 9.16. The van der Waals surface area contributed by atoms with E-state index in [4.69, 9.17) is 0 Å². The fourth-order valence-corrected chi connectivity index (χ4v) is 8.13. The molecule has 48 heavy (non-hydrogen) atoms. The highest BCUT2D eigenvalue weighted by atomic mass is 31.2. The largest absolute Gasteiger partial charge is 0.507 e. The van der Waals surface area contributed by atoms with E-state index >= 15 is 0 Å². The SMILES string of the molecule is O=P(O)(O)c1cc2c(O)c(c1)Cc1cc(P(=O)(O)O)cc(c1O)Cc1cc(P(=O)(O)O)cc(c1O)Cc1cc(P(=O)(O)O)cc(c1O)C2. The third-order valence-corrected chi connectivity index (χ3v) is 11.6. The number of aromatic hydroxyl groups is 4. The molecule has 0 heterocycles. The summed E-state index contributed by atoms with van der Waals surface area (Å²) in [7, 11) is -20.2. The number of hydrogen-bond donors (Lipinski definition) is 12. The van der Waals surface area contributed by atoms with E-state index in [1.54, 1.807) is 0 Å². The van der Waals surface area contributed by atoms with Crippen molar-refractivity contribution in [1.82, 2.24) is 0 Å². The summed E-state index contributed by atoms with van der Waals surface area (Å²) >= 11 is 0. The summed E-state index contributed by atoms with van der Waals surface area (Å²) in [4.78, 5) is 80.0. The molecular weight excluding hydrogens is 716 g/mol. The summed E-state index contributed by atoms with van der Waals surface area (Å²) in [6, 6.07) is 7.15. The summed E-state index contributed by atoms with van der Waals surface area (Å²) in [5, 5.41) is 42.5. The smallest absolute Gasteiger partial charge is 0.356 e. The lowest BCUT2D eigenvalue weighted by Gasteiger charge is -2.20. The standard InChI is InChI=1S/C28H28O16P4/c29-25-13-1-14-6-22(46(36,37)38)8-16(26(14)30)3-18-10-24(48(42,43)44)12-20(28(18)32)4-19-11-23(47(39,40)41)9-17(27(19)31)2-15(25)7-21(5-13)45(33,34)35/h5-12,29-32H,1-4H2,(H2,33,34,35)(H2,36,37,38)(H2,39,40,41)(H2,42,43,44). The monoisotopic (exact) mass is 744 g/mol. The van der Waals surface area contributed by atoms with Crippen LogP contribution in [0.3, 0.4) is 0 Å². The molecule has 0 atom stereocenters. The van der Waals surface area contributed by atoms with Crippen LogP contribution >= 0.6 is 30.4 Å². The Morgan fingerprint density at radius 3 is 0.542 bits per heavy atom. The second-order valence-electron chi connectivity index (χ2n) is 11.3. The minimum Gasteiger partial charge on any atom is -0.507 e. The molecule has 0 spiro atoms. The van der Waals surface area contributed by atoms with E-state index in [-0.39, 0.29) is 44.5 Å². The summed E-state index contributed by atoms with van der Waals surface area (Å²) in [6.45, 7) is 0. The molecular formula is C28H28O16P4. The third-order valence-electron chi connectivity index (χ3n) is 7.88. The zero-order valence-electron chi connectivity index (χ0n) is 24.2. The molecule has 0 saturated carbocycles. The molecule has 20 heteroatoms. The lowest BCUT2D eigenvalue weighted by Crippen LogP contribution is -2.14. The molecule has 16 nitrogen and oxygen atoms in total. The second-order valence-corrected chi connectivity index (χ2v) is 17.8.